The average molecular weight is 328 g/mol. The second kappa shape index (κ2) is 9.09. The Bertz CT molecular complexity index is 460. The largest absolute Gasteiger partial charge is 0.480 e. The molecule has 1 rings (SSSR count). The van der Waals surface area contributed by atoms with E-state index in [-0.39, 0.29) is 24.4 Å². The average Bonchev–Trinajstić information content (AvgIpc) is 3.01. The zero-order chi connectivity index (χ0) is 17.4. The van der Waals surface area contributed by atoms with Crippen molar-refractivity contribution in [2.24, 2.45) is 5.92 Å². The maximum Gasteiger partial charge on any atom is 0.322 e. The van der Waals surface area contributed by atoms with Crippen LogP contribution in [0.5, 0.6) is 0 Å². The van der Waals surface area contributed by atoms with Crippen LogP contribution in [0.3, 0.4) is 0 Å². The third-order valence-electron chi connectivity index (χ3n) is 3.48. The van der Waals surface area contributed by atoms with Gasteiger partial charge in [-0.05, 0) is 25.3 Å². The number of amides is 3. The number of carbonyl (C=O) groups is 4. The zero-order valence-electron chi connectivity index (χ0n) is 13.3. The number of carboxylic acid groups (broad SMARTS) is 1. The molecule has 0 aromatic rings. The molecule has 2 unspecified atom stereocenters. The van der Waals surface area contributed by atoms with Crippen LogP contribution in [0.15, 0.2) is 0 Å². The highest BCUT2D eigenvalue weighted by molar-refractivity contribution is 5.92. The van der Waals surface area contributed by atoms with E-state index in [4.69, 9.17) is 5.11 Å². The summed E-state index contributed by atoms with van der Waals surface area (Å²) in [5.41, 5.74) is 0. The Morgan fingerprint density at radius 2 is 1.87 bits per heavy atom. The minimum atomic E-state index is -1.16. The van der Waals surface area contributed by atoms with Crippen molar-refractivity contribution in [3.63, 3.8) is 0 Å². The molecule has 130 valence electrons. The van der Waals surface area contributed by atoms with Gasteiger partial charge in [-0.3, -0.25) is 19.2 Å². The van der Waals surface area contributed by atoms with Crippen LogP contribution >= 0.6 is 0 Å². The van der Waals surface area contributed by atoms with E-state index in [9.17, 15) is 19.2 Å². The Morgan fingerprint density at radius 1 is 1.17 bits per heavy atom. The van der Waals surface area contributed by atoms with Gasteiger partial charge in [0.15, 0.2) is 0 Å². The van der Waals surface area contributed by atoms with E-state index in [0.29, 0.717) is 0 Å². The molecule has 23 heavy (non-hydrogen) atoms. The number of nitrogens with one attached hydrogen (secondary N) is 4. The van der Waals surface area contributed by atoms with Gasteiger partial charge in [0, 0.05) is 0 Å². The summed E-state index contributed by atoms with van der Waals surface area (Å²) in [6.45, 7) is 3.50. The fraction of sp³-hybridized carbons (Fsp3) is 0.714. The third kappa shape index (κ3) is 6.64. The maximum atomic E-state index is 11.9. The van der Waals surface area contributed by atoms with Crippen molar-refractivity contribution < 1.29 is 24.3 Å². The van der Waals surface area contributed by atoms with Gasteiger partial charge in [-0.1, -0.05) is 13.8 Å². The second-order valence-corrected chi connectivity index (χ2v) is 5.77. The standard InChI is InChI=1S/C14H24N4O5/c1-8(2)12(14(23)17-7-11(20)21)18-10(19)6-16-13(22)9-4-3-5-15-9/h8-9,12,15H,3-7H2,1-2H3,(H,16,22)(H,17,23)(H,18,19)(H,20,21). The summed E-state index contributed by atoms with van der Waals surface area (Å²) in [7, 11) is 0. The number of hydrogen-bond donors (Lipinski definition) is 5. The van der Waals surface area contributed by atoms with Crippen molar-refractivity contribution in [1.82, 2.24) is 21.3 Å². The number of aliphatic carboxylic acids is 1. The molecule has 1 saturated heterocycles. The number of carbonyl (C=O) groups excluding carboxylic acids is 3. The minimum absolute atomic E-state index is 0.222. The van der Waals surface area contributed by atoms with Crippen LogP contribution in [0.2, 0.25) is 0 Å². The van der Waals surface area contributed by atoms with E-state index < -0.39 is 30.4 Å². The van der Waals surface area contributed by atoms with Gasteiger partial charge in [0.05, 0.1) is 12.6 Å². The van der Waals surface area contributed by atoms with Gasteiger partial charge >= 0.3 is 5.97 Å². The molecule has 0 bridgehead atoms. The molecule has 0 aliphatic carbocycles. The van der Waals surface area contributed by atoms with Gasteiger partial charge in [-0.2, -0.15) is 0 Å². The lowest BCUT2D eigenvalue weighted by Crippen LogP contribution is -2.53. The van der Waals surface area contributed by atoms with E-state index in [2.05, 4.69) is 21.3 Å². The smallest absolute Gasteiger partial charge is 0.322 e. The van der Waals surface area contributed by atoms with Gasteiger partial charge in [0.1, 0.15) is 12.6 Å². The Kier molecular flexibility index (Phi) is 7.46. The molecule has 0 aromatic heterocycles. The van der Waals surface area contributed by atoms with Crippen molar-refractivity contribution in [3.05, 3.63) is 0 Å². The molecule has 1 heterocycles. The first-order chi connectivity index (χ1) is 10.8. The molecule has 2 atom stereocenters. The molecule has 0 radical (unpaired) electrons. The highest BCUT2D eigenvalue weighted by Gasteiger charge is 2.26. The summed E-state index contributed by atoms with van der Waals surface area (Å²) in [6.07, 6.45) is 1.66. The molecule has 5 N–H and O–H groups in total. The first kappa shape index (κ1) is 18.9. The van der Waals surface area contributed by atoms with Crippen LogP contribution in [-0.4, -0.2) is 60.5 Å². The van der Waals surface area contributed by atoms with Crippen molar-refractivity contribution in [3.8, 4) is 0 Å². The zero-order valence-corrected chi connectivity index (χ0v) is 13.3. The SMILES string of the molecule is CC(C)C(NC(=O)CNC(=O)C1CCCN1)C(=O)NCC(=O)O. The first-order valence-electron chi connectivity index (χ1n) is 7.61. The van der Waals surface area contributed by atoms with Gasteiger partial charge < -0.3 is 26.4 Å². The van der Waals surface area contributed by atoms with Gasteiger partial charge in [-0.15, -0.1) is 0 Å². The summed E-state index contributed by atoms with van der Waals surface area (Å²) in [5.74, 6) is -2.70. The van der Waals surface area contributed by atoms with E-state index in [0.717, 1.165) is 19.4 Å². The summed E-state index contributed by atoms with van der Waals surface area (Å²) in [6, 6.07) is -1.13. The maximum absolute atomic E-state index is 11.9. The molecule has 9 nitrogen and oxygen atoms in total. The van der Waals surface area contributed by atoms with E-state index >= 15 is 0 Å². The van der Waals surface area contributed by atoms with Gasteiger partial charge in [0.2, 0.25) is 17.7 Å². The Hall–Kier alpha value is -2.16. The number of rotatable bonds is 8. The Morgan fingerprint density at radius 3 is 2.39 bits per heavy atom. The Labute approximate surface area is 134 Å². The molecule has 1 aliphatic heterocycles. The number of hydrogen-bond acceptors (Lipinski definition) is 5. The molecule has 1 aliphatic rings. The Balaban J connectivity index is 2.42. The quantitative estimate of drug-likeness (QED) is 0.356. The molecule has 0 spiro atoms. The topological polar surface area (TPSA) is 137 Å². The summed E-state index contributed by atoms with van der Waals surface area (Å²) >= 11 is 0. The summed E-state index contributed by atoms with van der Waals surface area (Å²) < 4.78 is 0. The molecular weight excluding hydrogens is 304 g/mol. The van der Waals surface area contributed by atoms with E-state index in [1.54, 1.807) is 13.8 Å². The van der Waals surface area contributed by atoms with Crippen molar-refractivity contribution in [2.45, 2.75) is 38.8 Å². The van der Waals surface area contributed by atoms with Crippen LogP contribution in [0, 0.1) is 5.92 Å². The van der Waals surface area contributed by atoms with Crippen LogP contribution in [0.25, 0.3) is 0 Å². The molecule has 3 amide bonds. The lowest BCUT2D eigenvalue weighted by atomic mass is 10.0. The molecule has 1 fully saturated rings. The minimum Gasteiger partial charge on any atom is -0.480 e. The van der Waals surface area contributed by atoms with Crippen molar-refractivity contribution in [2.75, 3.05) is 19.6 Å². The molecule has 0 saturated carbocycles. The van der Waals surface area contributed by atoms with Crippen LogP contribution in [-0.2, 0) is 19.2 Å². The van der Waals surface area contributed by atoms with Crippen molar-refractivity contribution in [1.29, 1.82) is 0 Å². The monoisotopic (exact) mass is 328 g/mol. The molecule has 0 aromatic carbocycles. The third-order valence-corrected chi connectivity index (χ3v) is 3.48. The summed E-state index contributed by atoms with van der Waals surface area (Å²) in [4.78, 5) is 46.0. The predicted molar refractivity (Wildman–Crippen MR) is 81.4 cm³/mol. The van der Waals surface area contributed by atoms with E-state index in [1.807, 2.05) is 0 Å². The molecular formula is C14H24N4O5. The predicted octanol–water partition coefficient (Wildman–Crippen LogP) is -1.80. The van der Waals surface area contributed by atoms with Gasteiger partial charge in [-0.25, -0.2) is 0 Å². The van der Waals surface area contributed by atoms with E-state index in [1.165, 1.54) is 0 Å². The molecule has 9 heteroatoms. The van der Waals surface area contributed by atoms with Crippen LogP contribution in [0.4, 0.5) is 0 Å². The van der Waals surface area contributed by atoms with Crippen LogP contribution in [0.1, 0.15) is 26.7 Å². The highest BCUT2D eigenvalue weighted by Crippen LogP contribution is 2.04. The number of carboxylic acids is 1. The summed E-state index contributed by atoms with van der Waals surface area (Å²) in [5, 5.41) is 18.8. The first-order valence-corrected chi connectivity index (χ1v) is 7.61. The van der Waals surface area contributed by atoms with Crippen LogP contribution < -0.4 is 21.3 Å². The lowest BCUT2D eigenvalue weighted by Gasteiger charge is -2.21. The highest BCUT2D eigenvalue weighted by atomic mass is 16.4. The lowest BCUT2D eigenvalue weighted by molar-refractivity contribution is -0.138. The fourth-order valence-electron chi connectivity index (χ4n) is 2.23. The van der Waals surface area contributed by atoms with Gasteiger partial charge in [0.25, 0.3) is 0 Å². The normalized spacial score (nSPS) is 18.3. The van der Waals surface area contributed by atoms with Crippen molar-refractivity contribution >= 4 is 23.7 Å². The second-order valence-electron chi connectivity index (χ2n) is 5.77. The fourth-order valence-corrected chi connectivity index (χ4v) is 2.23.